The molecule has 0 atom stereocenters. The lowest BCUT2D eigenvalue weighted by Gasteiger charge is -2.21. The predicted octanol–water partition coefficient (Wildman–Crippen LogP) is 5.36. The SMILES string of the molecule is CCOC(=O)C(C)(C)Sc1cnc2[nH]c(-c3cc(C(C)(C)C)ccn3)cc2c1. The number of fused-ring (bicyclic) bond motifs is 1. The van der Waals surface area contributed by atoms with Crippen LogP contribution >= 0.6 is 11.8 Å². The van der Waals surface area contributed by atoms with Crippen LogP contribution in [0.1, 0.15) is 47.1 Å². The zero-order valence-electron chi connectivity index (χ0n) is 17.3. The fourth-order valence-corrected chi connectivity index (χ4v) is 3.90. The fraction of sp³-hybridized carbons (Fsp3) is 0.409. The van der Waals surface area contributed by atoms with E-state index >= 15 is 0 Å². The smallest absolute Gasteiger partial charge is 0.321 e. The number of pyridine rings is 2. The highest BCUT2D eigenvalue weighted by Crippen LogP contribution is 2.35. The van der Waals surface area contributed by atoms with E-state index in [1.165, 1.54) is 17.3 Å². The molecule has 0 radical (unpaired) electrons. The maximum atomic E-state index is 12.2. The molecule has 0 fully saturated rings. The minimum absolute atomic E-state index is 0.0600. The van der Waals surface area contributed by atoms with Crippen LogP contribution in [0, 0.1) is 0 Å². The first-order chi connectivity index (χ1) is 13.1. The van der Waals surface area contributed by atoms with Gasteiger partial charge in [-0.25, -0.2) is 4.98 Å². The molecule has 0 aliphatic carbocycles. The molecule has 6 heteroatoms. The van der Waals surface area contributed by atoms with Crippen molar-refractivity contribution >= 4 is 28.8 Å². The van der Waals surface area contributed by atoms with Crippen molar-refractivity contribution in [2.45, 2.75) is 56.6 Å². The highest BCUT2D eigenvalue weighted by molar-refractivity contribution is 8.01. The molecule has 0 bridgehead atoms. The monoisotopic (exact) mass is 397 g/mol. The quantitative estimate of drug-likeness (QED) is 0.464. The summed E-state index contributed by atoms with van der Waals surface area (Å²) < 4.78 is 4.50. The minimum Gasteiger partial charge on any atom is -0.465 e. The fourth-order valence-electron chi connectivity index (χ4n) is 2.87. The molecule has 5 nitrogen and oxygen atoms in total. The normalized spacial score (nSPS) is 12.4. The molecule has 0 aliphatic rings. The van der Waals surface area contributed by atoms with E-state index in [9.17, 15) is 4.79 Å². The molecular formula is C22H27N3O2S. The summed E-state index contributed by atoms with van der Waals surface area (Å²) in [5, 5.41) is 0.989. The Labute approximate surface area is 170 Å². The molecule has 0 saturated carbocycles. The van der Waals surface area contributed by atoms with Crippen molar-refractivity contribution in [2.24, 2.45) is 0 Å². The first-order valence-electron chi connectivity index (χ1n) is 9.42. The maximum Gasteiger partial charge on any atom is 0.321 e. The molecule has 3 aromatic heterocycles. The Hall–Kier alpha value is -2.34. The van der Waals surface area contributed by atoms with Crippen molar-refractivity contribution in [1.29, 1.82) is 0 Å². The van der Waals surface area contributed by atoms with Gasteiger partial charge in [0.1, 0.15) is 10.4 Å². The average molecular weight is 398 g/mol. The van der Waals surface area contributed by atoms with E-state index in [1.807, 2.05) is 33.0 Å². The Morgan fingerprint density at radius 3 is 2.57 bits per heavy atom. The van der Waals surface area contributed by atoms with E-state index < -0.39 is 4.75 Å². The number of hydrogen-bond acceptors (Lipinski definition) is 5. The maximum absolute atomic E-state index is 12.2. The standard InChI is InChI=1S/C22H27N3O2S/c1-7-27-20(26)22(5,6)28-16-10-14-11-18(25-19(14)24-13-16)17-12-15(8-9-23-17)21(2,3)4/h8-13H,7H2,1-6H3,(H,24,25). The lowest BCUT2D eigenvalue weighted by Crippen LogP contribution is -2.29. The van der Waals surface area contributed by atoms with E-state index in [1.54, 1.807) is 6.20 Å². The Morgan fingerprint density at radius 2 is 1.89 bits per heavy atom. The molecule has 3 rings (SSSR count). The summed E-state index contributed by atoms with van der Waals surface area (Å²) in [7, 11) is 0. The van der Waals surface area contributed by atoms with Crippen LogP contribution in [0.4, 0.5) is 0 Å². The van der Waals surface area contributed by atoms with Crippen LogP contribution < -0.4 is 0 Å². The third-order valence-corrected chi connectivity index (χ3v) is 5.62. The molecule has 3 heterocycles. The summed E-state index contributed by atoms with van der Waals surface area (Å²) in [6.45, 7) is 12.5. The third-order valence-electron chi connectivity index (χ3n) is 4.49. The molecular weight excluding hydrogens is 370 g/mol. The zero-order valence-corrected chi connectivity index (χ0v) is 18.1. The number of esters is 1. The van der Waals surface area contributed by atoms with Crippen LogP contribution in [0.2, 0.25) is 0 Å². The van der Waals surface area contributed by atoms with Crippen LogP contribution in [0.25, 0.3) is 22.4 Å². The molecule has 3 aromatic rings. The van der Waals surface area contributed by atoms with Crippen molar-refractivity contribution in [3.8, 4) is 11.4 Å². The number of thioether (sulfide) groups is 1. The van der Waals surface area contributed by atoms with E-state index in [2.05, 4.69) is 53.9 Å². The third kappa shape index (κ3) is 4.38. The second-order valence-electron chi connectivity index (χ2n) is 8.30. The Balaban J connectivity index is 1.91. The molecule has 0 spiro atoms. The van der Waals surface area contributed by atoms with Gasteiger partial charge in [0.05, 0.1) is 18.0 Å². The van der Waals surface area contributed by atoms with Gasteiger partial charge in [0.2, 0.25) is 0 Å². The average Bonchev–Trinajstić information content (AvgIpc) is 3.04. The largest absolute Gasteiger partial charge is 0.465 e. The Morgan fingerprint density at radius 1 is 1.14 bits per heavy atom. The summed E-state index contributed by atoms with van der Waals surface area (Å²) in [5.74, 6) is -0.224. The van der Waals surface area contributed by atoms with Crippen molar-refractivity contribution < 1.29 is 9.53 Å². The topological polar surface area (TPSA) is 67.9 Å². The minimum atomic E-state index is -0.674. The van der Waals surface area contributed by atoms with Gasteiger partial charge >= 0.3 is 5.97 Å². The highest BCUT2D eigenvalue weighted by Gasteiger charge is 2.30. The summed E-state index contributed by atoms with van der Waals surface area (Å²) in [5.41, 5.74) is 3.92. The summed E-state index contributed by atoms with van der Waals surface area (Å²) >= 11 is 1.45. The lowest BCUT2D eigenvalue weighted by molar-refractivity contribution is -0.145. The van der Waals surface area contributed by atoms with Crippen LogP contribution in [-0.4, -0.2) is 32.3 Å². The van der Waals surface area contributed by atoms with Gasteiger partial charge in [0.25, 0.3) is 0 Å². The molecule has 0 amide bonds. The Kier molecular flexibility index (Phi) is 5.53. The number of rotatable bonds is 5. The van der Waals surface area contributed by atoms with Crippen molar-refractivity contribution in [1.82, 2.24) is 15.0 Å². The number of aromatic nitrogens is 3. The molecule has 0 aromatic carbocycles. The molecule has 0 saturated heterocycles. The molecule has 148 valence electrons. The van der Waals surface area contributed by atoms with E-state index in [0.29, 0.717) is 6.61 Å². The number of nitrogens with one attached hydrogen (secondary N) is 1. The van der Waals surface area contributed by atoms with Crippen molar-refractivity contribution in [3.63, 3.8) is 0 Å². The molecule has 28 heavy (non-hydrogen) atoms. The summed E-state index contributed by atoms with van der Waals surface area (Å²) in [6, 6.07) is 8.26. The zero-order chi connectivity index (χ0) is 20.5. The van der Waals surface area contributed by atoms with Crippen molar-refractivity contribution in [2.75, 3.05) is 6.61 Å². The van der Waals surface area contributed by atoms with Gasteiger partial charge in [0, 0.05) is 22.7 Å². The van der Waals surface area contributed by atoms with Gasteiger partial charge in [-0.1, -0.05) is 20.8 Å². The van der Waals surface area contributed by atoms with Crippen LogP contribution in [-0.2, 0) is 14.9 Å². The number of carbonyl (C=O) groups excluding carboxylic acids is 1. The van der Waals surface area contributed by atoms with Gasteiger partial charge in [0.15, 0.2) is 0 Å². The van der Waals surface area contributed by atoms with Gasteiger partial charge in [-0.05, 0) is 56.0 Å². The van der Waals surface area contributed by atoms with Crippen LogP contribution in [0.5, 0.6) is 0 Å². The Bertz CT molecular complexity index is 1000. The molecule has 0 aliphatic heterocycles. The predicted molar refractivity (Wildman–Crippen MR) is 115 cm³/mol. The van der Waals surface area contributed by atoms with Crippen molar-refractivity contribution in [3.05, 3.63) is 42.2 Å². The van der Waals surface area contributed by atoms with E-state index in [-0.39, 0.29) is 11.4 Å². The van der Waals surface area contributed by atoms with E-state index in [4.69, 9.17) is 4.74 Å². The number of ether oxygens (including phenoxy) is 1. The number of hydrogen-bond donors (Lipinski definition) is 1. The number of H-pyrrole nitrogens is 1. The van der Waals surface area contributed by atoms with Gasteiger partial charge in [-0.2, -0.15) is 0 Å². The number of carbonyl (C=O) groups is 1. The number of aromatic amines is 1. The lowest BCUT2D eigenvalue weighted by atomic mass is 9.87. The van der Waals surface area contributed by atoms with Gasteiger partial charge < -0.3 is 9.72 Å². The number of nitrogens with zero attached hydrogens (tertiary/aromatic N) is 2. The second-order valence-corrected chi connectivity index (χ2v) is 10.0. The summed E-state index contributed by atoms with van der Waals surface area (Å²) in [4.78, 5) is 25.5. The first kappa shape index (κ1) is 20.4. The molecule has 0 unspecified atom stereocenters. The first-order valence-corrected chi connectivity index (χ1v) is 10.2. The van der Waals surface area contributed by atoms with Crippen LogP contribution in [0.3, 0.4) is 0 Å². The van der Waals surface area contributed by atoms with Crippen LogP contribution in [0.15, 0.2) is 41.6 Å². The second kappa shape index (κ2) is 7.59. The van der Waals surface area contributed by atoms with Gasteiger partial charge in [-0.15, -0.1) is 11.8 Å². The van der Waals surface area contributed by atoms with Gasteiger partial charge in [-0.3, -0.25) is 9.78 Å². The molecule has 1 N–H and O–H groups in total. The highest BCUT2D eigenvalue weighted by atomic mass is 32.2. The summed E-state index contributed by atoms with van der Waals surface area (Å²) in [6.07, 6.45) is 3.63. The van der Waals surface area contributed by atoms with E-state index in [0.717, 1.165) is 27.3 Å².